The first-order valence-electron chi connectivity index (χ1n) is 10.8. The molecule has 7 heteroatoms. The number of carbonyl (C=O) groups excluding carboxylic acids is 1. The van der Waals surface area contributed by atoms with E-state index in [1.54, 1.807) is 37.3 Å². The molecule has 33 heavy (non-hydrogen) atoms. The zero-order valence-corrected chi connectivity index (χ0v) is 18.3. The number of hydrogen-bond donors (Lipinski definition) is 0. The highest BCUT2D eigenvalue weighted by Crippen LogP contribution is 2.31. The van der Waals surface area contributed by atoms with E-state index in [1.807, 2.05) is 12.1 Å². The van der Waals surface area contributed by atoms with E-state index in [4.69, 9.17) is 14.2 Å². The molecule has 6 nitrogen and oxygen atoms in total. The van der Waals surface area contributed by atoms with Crippen molar-refractivity contribution in [2.45, 2.75) is 32.8 Å². The molecule has 1 aliphatic rings. The van der Waals surface area contributed by atoms with Crippen molar-refractivity contribution in [2.75, 3.05) is 13.2 Å². The molecule has 0 radical (unpaired) electrons. The second-order valence-electron chi connectivity index (χ2n) is 7.62. The minimum absolute atomic E-state index is 0.0919. The molecule has 4 rings (SSSR count). The van der Waals surface area contributed by atoms with Crippen LogP contribution < -0.4 is 9.47 Å². The van der Waals surface area contributed by atoms with E-state index in [-0.39, 0.29) is 25.2 Å². The van der Waals surface area contributed by atoms with Crippen molar-refractivity contribution in [1.82, 2.24) is 4.98 Å². The smallest absolute Gasteiger partial charge is 0.310 e. The van der Waals surface area contributed by atoms with Gasteiger partial charge in [-0.25, -0.2) is 9.37 Å². The molecule has 168 valence electrons. The average Bonchev–Trinajstić information content (AvgIpc) is 2.81. The molecule has 2 aromatic carbocycles. The summed E-state index contributed by atoms with van der Waals surface area (Å²) in [4.78, 5) is 16.5. The van der Waals surface area contributed by atoms with Crippen molar-refractivity contribution in [3.05, 3.63) is 76.6 Å². The molecular weight excluding hydrogens is 423 g/mol. The Bertz CT molecular complexity index is 1220. The van der Waals surface area contributed by atoms with Gasteiger partial charge in [-0.2, -0.15) is 5.26 Å². The summed E-state index contributed by atoms with van der Waals surface area (Å²) in [5.74, 6) is -0.184. The number of benzene rings is 2. The molecule has 0 atom stereocenters. The lowest BCUT2D eigenvalue weighted by molar-refractivity contribution is -0.142. The van der Waals surface area contributed by atoms with Crippen molar-refractivity contribution < 1.29 is 23.4 Å². The molecule has 0 fully saturated rings. The number of pyridine rings is 1. The van der Waals surface area contributed by atoms with Gasteiger partial charge in [-0.3, -0.25) is 4.79 Å². The van der Waals surface area contributed by atoms with Crippen LogP contribution in [0.15, 0.2) is 48.5 Å². The van der Waals surface area contributed by atoms with E-state index in [2.05, 4.69) is 11.1 Å². The summed E-state index contributed by atoms with van der Waals surface area (Å²) in [5, 5.41) is 9.26. The average molecular weight is 446 g/mol. The fraction of sp³-hybridized carbons (Fsp3) is 0.269. The van der Waals surface area contributed by atoms with Gasteiger partial charge in [-0.1, -0.05) is 12.1 Å². The van der Waals surface area contributed by atoms with E-state index in [0.29, 0.717) is 47.9 Å². The Morgan fingerprint density at radius 1 is 1.18 bits per heavy atom. The quantitative estimate of drug-likeness (QED) is 0.539. The van der Waals surface area contributed by atoms with E-state index in [1.165, 1.54) is 6.07 Å². The van der Waals surface area contributed by atoms with E-state index < -0.39 is 11.8 Å². The van der Waals surface area contributed by atoms with Crippen molar-refractivity contribution in [1.29, 1.82) is 5.26 Å². The molecule has 0 aliphatic carbocycles. The van der Waals surface area contributed by atoms with Crippen LogP contribution >= 0.6 is 0 Å². The molecule has 0 amide bonds. The zero-order valence-electron chi connectivity index (χ0n) is 18.3. The van der Waals surface area contributed by atoms with Crippen LogP contribution in [0.3, 0.4) is 0 Å². The monoisotopic (exact) mass is 446 g/mol. The molecule has 1 aliphatic heterocycles. The molecule has 0 spiro atoms. The Morgan fingerprint density at radius 3 is 2.88 bits per heavy atom. The highest BCUT2D eigenvalue weighted by Gasteiger charge is 2.18. The SMILES string of the molecule is CCOC(=O)Cc1cc(F)c2cc1OCCCc1cc(C#N)ccc1COc1cccc-2n1. The van der Waals surface area contributed by atoms with E-state index in [9.17, 15) is 10.1 Å². The van der Waals surface area contributed by atoms with Crippen LogP contribution in [-0.4, -0.2) is 24.2 Å². The van der Waals surface area contributed by atoms with Gasteiger partial charge in [0.05, 0.1) is 37.0 Å². The van der Waals surface area contributed by atoms with Gasteiger partial charge in [-0.15, -0.1) is 0 Å². The van der Waals surface area contributed by atoms with Crippen LogP contribution in [0.2, 0.25) is 0 Å². The summed E-state index contributed by atoms with van der Waals surface area (Å²) in [7, 11) is 0. The maximum Gasteiger partial charge on any atom is 0.310 e. The maximum atomic E-state index is 15.0. The van der Waals surface area contributed by atoms with Crippen LogP contribution in [0.5, 0.6) is 11.6 Å². The predicted octanol–water partition coefficient (Wildman–Crippen LogP) is 4.77. The number of rotatable bonds is 3. The van der Waals surface area contributed by atoms with Crippen LogP contribution in [-0.2, 0) is 29.0 Å². The number of aryl methyl sites for hydroxylation is 1. The lowest BCUT2D eigenvalue weighted by atomic mass is 10.0. The topological polar surface area (TPSA) is 81.4 Å². The molecule has 4 bridgehead atoms. The molecule has 3 aromatic rings. The number of fused-ring (bicyclic) bond motifs is 6. The fourth-order valence-corrected chi connectivity index (χ4v) is 3.74. The number of nitrogens with zero attached hydrogens (tertiary/aromatic N) is 2. The fourth-order valence-electron chi connectivity index (χ4n) is 3.74. The van der Waals surface area contributed by atoms with E-state index in [0.717, 1.165) is 11.1 Å². The second kappa shape index (κ2) is 10.1. The summed E-state index contributed by atoms with van der Waals surface area (Å²) in [6.07, 6.45) is 1.24. The third kappa shape index (κ3) is 5.29. The Kier molecular flexibility index (Phi) is 6.84. The lowest BCUT2D eigenvalue weighted by Crippen LogP contribution is -2.11. The number of nitriles is 1. The number of hydrogen-bond acceptors (Lipinski definition) is 6. The largest absolute Gasteiger partial charge is 0.493 e. The zero-order chi connectivity index (χ0) is 23.2. The summed E-state index contributed by atoms with van der Waals surface area (Å²) in [6.45, 7) is 2.60. The number of ether oxygens (including phenoxy) is 3. The summed E-state index contributed by atoms with van der Waals surface area (Å²) in [6, 6.07) is 15.7. The third-order valence-corrected chi connectivity index (χ3v) is 5.35. The van der Waals surface area contributed by atoms with Crippen LogP contribution in [0.1, 0.15) is 35.6 Å². The maximum absolute atomic E-state index is 15.0. The predicted molar refractivity (Wildman–Crippen MR) is 119 cm³/mol. The first-order chi connectivity index (χ1) is 16.1. The van der Waals surface area contributed by atoms with Gasteiger partial charge in [-0.05, 0) is 61.2 Å². The van der Waals surface area contributed by atoms with Crippen molar-refractivity contribution in [3.8, 4) is 29.0 Å². The second-order valence-corrected chi connectivity index (χ2v) is 7.62. The molecular formula is C26H23FN2O4. The van der Waals surface area contributed by atoms with Crippen molar-refractivity contribution >= 4 is 5.97 Å². The van der Waals surface area contributed by atoms with Gasteiger partial charge in [0.15, 0.2) is 0 Å². The van der Waals surface area contributed by atoms with Gasteiger partial charge in [0.2, 0.25) is 5.88 Å². The van der Waals surface area contributed by atoms with Gasteiger partial charge in [0, 0.05) is 17.2 Å². The number of esters is 1. The minimum atomic E-state index is -0.507. The summed E-state index contributed by atoms with van der Waals surface area (Å²) < 4.78 is 31.9. The lowest BCUT2D eigenvalue weighted by Gasteiger charge is -2.16. The standard InChI is InChI=1S/C26H23FN2O4/c1-2-31-26(30)13-20-12-22(27)21-14-24(20)32-10-4-5-18-11-17(15-28)8-9-19(18)16-33-25-7-3-6-23(21)29-25/h3,6-9,11-12,14H,2,4-5,10,13,16H2,1H3. The van der Waals surface area contributed by atoms with Gasteiger partial charge >= 0.3 is 5.97 Å². The summed E-state index contributed by atoms with van der Waals surface area (Å²) in [5.41, 5.74) is 3.61. The van der Waals surface area contributed by atoms with E-state index >= 15 is 4.39 Å². The Morgan fingerprint density at radius 2 is 2.06 bits per heavy atom. The molecule has 1 aromatic heterocycles. The number of carbonyl (C=O) groups is 1. The van der Waals surface area contributed by atoms with Crippen molar-refractivity contribution in [3.63, 3.8) is 0 Å². The first kappa shape index (κ1) is 22.3. The first-order valence-corrected chi connectivity index (χ1v) is 10.8. The molecule has 0 unspecified atom stereocenters. The van der Waals surface area contributed by atoms with Gasteiger partial charge < -0.3 is 14.2 Å². The number of halogens is 1. The van der Waals surface area contributed by atoms with Crippen LogP contribution in [0.25, 0.3) is 11.3 Å². The van der Waals surface area contributed by atoms with Crippen LogP contribution in [0.4, 0.5) is 4.39 Å². The Hall–Kier alpha value is -3.92. The van der Waals surface area contributed by atoms with Gasteiger partial charge in [0.1, 0.15) is 18.2 Å². The molecule has 0 saturated carbocycles. The third-order valence-electron chi connectivity index (χ3n) is 5.35. The van der Waals surface area contributed by atoms with Crippen molar-refractivity contribution in [2.24, 2.45) is 0 Å². The highest BCUT2D eigenvalue weighted by molar-refractivity contribution is 5.75. The Balaban J connectivity index is 1.73. The minimum Gasteiger partial charge on any atom is -0.493 e. The Labute approximate surface area is 191 Å². The van der Waals surface area contributed by atoms with Crippen LogP contribution in [0, 0.1) is 17.1 Å². The number of aromatic nitrogens is 1. The normalized spacial score (nSPS) is 12.9. The highest BCUT2D eigenvalue weighted by atomic mass is 19.1. The molecule has 2 heterocycles. The summed E-state index contributed by atoms with van der Waals surface area (Å²) >= 11 is 0. The molecule has 0 N–H and O–H groups in total. The van der Waals surface area contributed by atoms with Gasteiger partial charge in [0.25, 0.3) is 0 Å². The molecule has 0 saturated heterocycles.